The van der Waals surface area contributed by atoms with Crippen molar-refractivity contribution >= 4 is 9.84 Å². The molecule has 1 aromatic carbocycles. The zero-order valence-corrected chi connectivity index (χ0v) is 12.9. The summed E-state index contributed by atoms with van der Waals surface area (Å²) < 4.78 is 30.6. The Morgan fingerprint density at radius 1 is 1.29 bits per heavy atom. The number of fused-ring (bicyclic) bond motifs is 1. The molecule has 0 amide bonds. The smallest absolute Gasteiger partial charge is 0.155 e. The Labute approximate surface area is 125 Å². The van der Waals surface area contributed by atoms with E-state index in [4.69, 9.17) is 10.6 Å². The Hall–Kier alpha value is -1.11. The van der Waals surface area contributed by atoms with Gasteiger partial charge in [0.05, 0.1) is 23.7 Å². The number of hydrazine groups is 1. The monoisotopic (exact) mass is 310 g/mol. The van der Waals surface area contributed by atoms with Crippen LogP contribution in [-0.4, -0.2) is 26.0 Å². The van der Waals surface area contributed by atoms with Crippen LogP contribution in [0, 0.1) is 0 Å². The number of nitrogens with two attached hydrogens (primary N) is 1. The van der Waals surface area contributed by atoms with E-state index in [0.29, 0.717) is 13.0 Å². The quantitative estimate of drug-likeness (QED) is 0.653. The molecular weight excluding hydrogens is 288 g/mol. The molecule has 2 aliphatic rings. The molecule has 2 aliphatic heterocycles. The molecule has 3 rings (SSSR count). The molecule has 1 aromatic rings. The molecule has 0 aliphatic carbocycles. The van der Waals surface area contributed by atoms with Crippen molar-refractivity contribution in [1.29, 1.82) is 0 Å². The molecule has 6 heteroatoms. The summed E-state index contributed by atoms with van der Waals surface area (Å²) in [7, 11) is -3.11. The van der Waals surface area contributed by atoms with Gasteiger partial charge in [0.1, 0.15) is 5.75 Å². The Kier molecular flexibility index (Phi) is 4.19. The van der Waals surface area contributed by atoms with E-state index in [0.717, 1.165) is 42.6 Å². The number of benzene rings is 1. The van der Waals surface area contributed by atoms with E-state index >= 15 is 0 Å². The number of aryl methyl sites for hydroxylation is 1. The summed E-state index contributed by atoms with van der Waals surface area (Å²) in [6.07, 6.45) is 4.30. The van der Waals surface area contributed by atoms with Crippen LogP contribution in [0.3, 0.4) is 0 Å². The van der Waals surface area contributed by atoms with Gasteiger partial charge in [-0.05, 0) is 31.2 Å². The van der Waals surface area contributed by atoms with Gasteiger partial charge < -0.3 is 4.74 Å². The molecule has 5 nitrogen and oxygen atoms in total. The van der Waals surface area contributed by atoms with E-state index in [1.54, 1.807) is 0 Å². The van der Waals surface area contributed by atoms with Crippen molar-refractivity contribution in [3.63, 3.8) is 0 Å². The molecule has 3 N–H and O–H groups in total. The highest BCUT2D eigenvalue weighted by Gasteiger charge is 2.37. The Morgan fingerprint density at radius 2 is 2.14 bits per heavy atom. The average Bonchev–Trinajstić information content (AvgIpc) is 2.49. The lowest BCUT2D eigenvalue weighted by Crippen LogP contribution is -2.43. The molecule has 1 saturated heterocycles. The van der Waals surface area contributed by atoms with E-state index in [9.17, 15) is 8.42 Å². The third-order valence-electron chi connectivity index (χ3n) is 4.48. The van der Waals surface area contributed by atoms with Crippen LogP contribution < -0.4 is 16.0 Å². The minimum absolute atomic E-state index is 0.256. The van der Waals surface area contributed by atoms with Crippen molar-refractivity contribution in [1.82, 2.24) is 5.43 Å². The molecule has 2 unspecified atom stereocenters. The second-order valence-corrected chi connectivity index (χ2v) is 8.17. The maximum atomic E-state index is 12.4. The predicted octanol–water partition coefficient (Wildman–Crippen LogP) is 1.48. The van der Waals surface area contributed by atoms with E-state index in [-0.39, 0.29) is 5.75 Å². The molecule has 0 saturated carbocycles. The maximum Gasteiger partial charge on any atom is 0.155 e. The summed E-state index contributed by atoms with van der Waals surface area (Å²) in [5.74, 6) is 6.80. The molecule has 0 bridgehead atoms. The molecule has 2 atom stereocenters. The highest BCUT2D eigenvalue weighted by atomic mass is 32.2. The normalized spacial score (nSPS) is 25.7. The summed E-state index contributed by atoms with van der Waals surface area (Å²) in [4.78, 5) is 0. The number of ether oxygens (including phenoxy) is 1. The van der Waals surface area contributed by atoms with Crippen molar-refractivity contribution in [2.45, 2.75) is 43.4 Å². The fraction of sp³-hybridized carbons (Fsp3) is 0.600. The Bertz CT molecular complexity index is 615. The summed E-state index contributed by atoms with van der Waals surface area (Å²) in [6.45, 7) is 0.679. The van der Waals surface area contributed by atoms with Crippen LogP contribution in [-0.2, 0) is 16.3 Å². The molecule has 116 valence electrons. The first-order valence-electron chi connectivity index (χ1n) is 7.56. The van der Waals surface area contributed by atoms with E-state index in [1.165, 1.54) is 0 Å². The summed E-state index contributed by atoms with van der Waals surface area (Å²) in [5, 5.41) is -0.465. The zero-order chi connectivity index (χ0) is 14.9. The lowest BCUT2D eigenvalue weighted by atomic mass is 9.94. The van der Waals surface area contributed by atoms with Crippen LogP contribution in [0.4, 0.5) is 0 Å². The summed E-state index contributed by atoms with van der Waals surface area (Å²) in [5.41, 5.74) is 4.76. The summed E-state index contributed by atoms with van der Waals surface area (Å²) in [6, 6.07) is 5.53. The minimum Gasteiger partial charge on any atom is -0.493 e. The van der Waals surface area contributed by atoms with Gasteiger partial charge in [-0.2, -0.15) is 0 Å². The number of sulfone groups is 1. The van der Waals surface area contributed by atoms with Crippen LogP contribution >= 0.6 is 0 Å². The van der Waals surface area contributed by atoms with Gasteiger partial charge in [-0.25, -0.2) is 8.42 Å². The highest BCUT2D eigenvalue weighted by molar-refractivity contribution is 7.92. The van der Waals surface area contributed by atoms with Crippen molar-refractivity contribution in [2.24, 2.45) is 5.84 Å². The van der Waals surface area contributed by atoms with Crippen LogP contribution in [0.15, 0.2) is 18.2 Å². The summed E-state index contributed by atoms with van der Waals surface area (Å²) >= 11 is 0. The predicted molar refractivity (Wildman–Crippen MR) is 81.7 cm³/mol. The van der Waals surface area contributed by atoms with Gasteiger partial charge in [-0.15, -0.1) is 0 Å². The molecule has 0 radical (unpaired) electrons. The van der Waals surface area contributed by atoms with E-state index in [1.807, 2.05) is 18.2 Å². The number of nitrogens with one attached hydrogen (secondary N) is 1. The first kappa shape index (κ1) is 14.8. The lowest BCUT2D eigenvalue weighted by molar-refractivity contribution is 0.280. The first-order chi connectivity index (χ1) is 10.1. The van der Waals surface area contributed by atoms with Crippen LogP contribution in [0.25, 0.3) is 0 Å². The van der Waals surface area contributed by atoms with Gasteiger partial charge in [-0.3, -0.25) is 11.3 Å². The minimum atomic E-state index is -3.11. The molecule has 0 aromatic heterocycles. The number of para-hydroxylation sites is 1. The van der Waals surface area contributed by atoms with Gasteiger partial charge >= 0.3 is 0 Å². The Morgan fingerprint density at radius 3 is 2.90 bits per heavy atom. The third-order valence-corrected chi connectivity index (χ3v) is 6.77. The lowest BCUT2D eigenvalue weighted by Gasteiger charge is -2.32. The van der Waals surface area contributed by atoms with Gasteiger partial charge in [0.15, 0.2) is 9.84 Å². The zero-order valence-electron chi connectivity index (χ0n) is 12.0. The maximum absolute atomic E-state index is 12.4. The van der Waals surface area contributed by atoms with Crippen molar-refractivity contribution in [3.05, 3.63) is 29.3 Å². The van der Waals surface area contributed by atoms with Gasteiger partial charge in [-0.1, -0.05) is 24.6 Å². The van der Waals surface area contributed by atoms with E-state index in [2.05, 4.69) is 5.43 Å². The number of rotatable bonds is 3. The van der Waals surface area contributed by atoms with Crippen LogP contribution in [0.1, 0.15) is 42.9 Å². The SMILES string of the molecule is NNC(c1cccc2c1OCCC2)C1CCCCS1(=O)=O. The molecule has 0 spiro atoms. The van der Waals surface area contributed by atoms with Gasteiger partial charge in [0.2, 0.25) is 0 Å². The van der Waals surface area contributed by atoms with Gasteiger partial charge in [0, 0.05) is 5.56 Å². The largest absolute Gasteiger partial charge is 0.493 e. The molecule has 21 heavy (non-hydrogen) atoms. The number of hydrogen-bond acceptors (Lipinski definition) is 5. The second kappa shape index (κ2) is 5.94. The van der Waals surface area contributed by atoms with Crippen molar-refractivity contribution in [2.75, 3.05) is 12.4 Å². The molecule has 1 fully saturated rings. The number of hydrogen-bond donors (Lipinski definition) is 2. The van der Waals surface area contributed by atoms with Crippen molar-refractivity contribution < 1.29 is 13.2 Å². The third kappa shape index (κ3) is 2.80. The molecule has 2 heterocycles. The average molecular weight is 310 g/mol. The van der Waals surface area contributed by atoms with Crippen molar-refractivity contribution in [3.8, 4) is 5.75 Å². The molecular formula is C15H22N2O3S. The second-order valence-electron chi connectivity index (χ2n) is 5.83. The highest BCUT2D eigenvalue weighted by Crippen LogP contribution is 2.38. The standard InChI is InChI=1S/C15H22N2O3S/c16-17-14(13-8-1-2-10-21(13,18)19)12-7-3-5-11-6-4-9-20-15(11)12/h3,5,7,13-14,17H,1-2,4,6,8-10,16H2. The topological polar surface area (TPSA) is 81.4 Å². The van der Waals surface area contributed by atoms with Crippen LogP contribution in [0.5, 0.6) is 5.75 Å². The fourth-order valence-electron chi connectivity index (χ4n) is 3.41. The van der Waals surface area contributed by atoms with E-state index < -0.39 is 21.1 Å². The van der Waals surface area contributed by atoms with Gasteiger partial charge in [0.25, 0.3) is 0 Å². The van der Waals surface area contributed by atoms with Crippen LogP contribution in [0.2, 0.25) is 0 Å². The first-order valence-corrected chi connectivity index (χ1v) is 9.27. The Balaban J connectivity index is 2.00. The fourth-order valence-corrected chi connectivity index (χ4v) is 5.49.